The summed E-state index contributed by atoms with van der Waals surface area (Å²) in [6.07, 6.45) is 12.1. The Kier molecular flexibility index (Phi) is 5.19. The molecule has 0 aliphatic carbocycles. The Balaban J connectivity index is 1.29. The smallest absolute Gasteiger partial charge is 0.156 e. The highest BCUT2D eigenvalue weighted by Gasteiger charge is 2.24. The van der Waals surface area contributed by atoms with Crippen molar-refractivity contribution >= 4 is 11.2 Å². The second-order valence-electron chi connectivity index (χ2n) is 9.19. The quantitative estimate of drug-likeness (QED) is 0.503. The topological polar surface area (TPSA) is 84.8 Å². The zero-order valence-electron chi connectivity index (χ0n) is 19.2. The number of rotatable bonds is 5. The molecule has 0 radical (unpaired) electrons. The second-order valence-corrected chi connectivity index (χ2v) is 9.19. The van der Waals surface area contributed by atoms with E-state index in [1.807, 2.05) is 24.8 Å². The first-order chi connectivity index (χ1) is 16.2. The van der Waals surface area contributed by atoms with E-state index in [9.17, 15) is 0 Å². The van der Waals surface area contributed by atoms with Gasteiger partial charge in [0.15, 0.2) is 5.65 Å². The van der Waals surface area contributed by atoms with Crippen LogP contribution >= 0.6 is 0 Å². The Labute approximate surface area is 193 Å². The summed E-state index contributed by atoms with van der Waals surface area (Å²) in [6.45, 7) is 9.26. The van der Waals surface area contributed by atoms with Crippen molar-refractivity contribution < 1.29 is 4.74 Å². The molecule has 33 heavy (non-hydrogen) atoms. The van der Waals surface area contributed by atoms with Crippen LogP contribution in [0.1, 0.15) is 43.0 Å². The van der Waals surface area contributed by atoms with Crippen molar-refractivity contribution in [2.24, 2.45) is 0 Å². The molecule has 8 heteroatoms. The molecule has 8 nitrogen and oxygen atoms in total. The first kappa shape index (κ1) is 20.5. The van der Waals surface area contributed by atoms with E-state index < -0.39 is 0 Å². The number of piperidine rings is 1. The Bertz CT molecular complexity index is 1280. The van der Waals surface area contributed by atoms with Crippen molar-refractivity contribution in [3.8, 4) is 22.4 Å². The second kappa shape index (κ2) is 8.35. The summed E-state index contributed by atoms with van der Waals surface area (Å²) >= 11 is 0. The van der Waals surface area contributed by atoms with Crippen LogP contribution in [-0.4, -0.2) is 67.5 Å². The lowest BCUT2D eigenvalue weighted by Crippen LogP contribution is -2.34. The Hall–Kier alpha value is -3.10. The number of pyridine rings is 1. The minimum Gasteiger partial charge on any atom is -0.380 e. The van der Waals surface area contributed by atoms with Gasteiger partial charge in [0.05, 0.1) is 43.0 Å². The zero-order chi connectivity index (χ0) is 22.4. The van der Waals surface area contributed by atoms with Crippen LogP contribution in [0.15, 0.2) is 37.1 Å². The lowest BCUT2D eigenvalue weighted by molar-refractivity contribution is 0.00645. The number of H-pyrrole nitrogens is 1. The van der Waals surface area contributed by atoms with Crippen LogP contribution in [0.3, 0.4) is 0 Å². The van der Waals surface area contributed by atoms with Crippen molar-refractivity contribution in [3.63, 3.8) is 0 Å². The molecular weight excluding hydrogens is 414 g/mol. The predicted molar refractivity (Wildman–Crippen MR) is 127 cm³/mol. The van der Waals surface area contributed by atoms with E-state index >= 15 is 0 Å². The van der Waals surface area contributed by atoms with Crippen molar-refractivity contribution in [2.45, 2.75) is 38.6 Å². The van der Waals surface area contributed by atoms with Gasteiger partial charge in [-0.15, -0.1) is 0 Å². The minimum atomic E-state index is 0.412. The van der Waals surface area contributed by atoms with Crippen molar-refractivity contribution in [1.82, 2.24) is 34.6 Å². The van der Waals surface area contributed by atoms with Gasteiger partial charge in [-0.3, -0.25) is 9.67 Å². The molecular formula is C25H29N7O. The summed E-state index contributed by atoms with van der Waals surface area (Å²) in [5.74, 6) is 0.412. The molecule has 0 aromatic carbocycles. The number of aryl methyl sites for hydroxylation is 1. The number of hydrogen-bond acceptors (Lipinski definition) is 6. The molecule has 4 aromatic heterocycles. The van der Waals surface area contributed by atoms with Gasteiger partial charge in [0.2, 0.25) is 0 Å². The van der Waals surface area contributed by atoms with E-state index in [0.29, 0.717) is 12.0 Å². The summed E-state index contributed by atoms with van der Waals surface area (Å²) in [5, 5.41) is 4.70. The summed E-state index contributed by atoms with van der Waals surface area (Å²) in [4.78, 5) is 20.1. The summed E-state index contributed by atoms with van der Waals surface area (Å²) in [5.41, 5.74) is 7.86. The van der Waals surface area contributed by atoms with Crippen molar-refractivity contribution in [2.75, 3.05) is 32.8 Å². The fourth-order valence-corrected chi connectivity index (χ4v) is 4.97. The molecule has 0 saturated carbocycles. The monoisotopic (exact) mass is 443 g/mol. The highest BCUT2D eigenvalue weighted by molar-refractivity contribution is 5.91. The molecule has 6 heterocycles. The van der Waals surface area contributed by atoms with Gasteiger partial charge >= 0.3 is 0 Å². The lowest BCUT2D eigenvalue weighted by atomic mass is 9.98. The van der Waals surface area contributed by atoms with Crippen LogP contribution in [0, 0.1) is 6.92 Å². The molecule has 0 amide bonds. The highest BCUT2D eigenvalue weighted by atomic mass is 16.5. The molecule has 4 aromatic rings. The number of likely N-dealkylation sites (tertiary alicyclic amines) is 1. The molecule has 2 aliphatic heterocycles. The highest BCUT2D eigenvalue weighted by Crippen LogP contribution is 2.31. The van der Waals surface area contributed by atoms with Gasteiger partial charge in [0.25, 0.3) is 0 Å². The molecule has 6 rings (SSSR count). The lowest BCUT2D eigenvalue weighted by Gasteiger charge is -2.31. The molecule has 2 saturated heterocycles. The average Bonchev–Trinajstić information content (AvgIpc) is 3.46. The Morgan fingerprint density at radius 1 is 1.09 bits per heavy atom. The summed E-state index contributed by atoms with van der Waals surface area (Å²) in [6, 6.07) is 2.62. The number of fused-ring (bicyclic) bond motifs is 1. The zero-order valence-corrected chi connectivity index (χ0v) is 19.2. The van der Waals surface area contributed by atoms with Gasteiger partial charge < -0.3 is 14.6 Å². The molecule has 2 aliphatic rings. The van der Waals surface area contributed by atoms with E-state index in [1.54, 1.807) is 0 Å². The summed E-state index contributed by atoms with van der Waals surface area (Å²) < 4.78 is 7.46. The van der Waals surface area contributed by atoms with Crippen molar-refractivity contribution in [3.05, 3.63) is 48.3 Å². The van der Waals surface area contributed by atoms with Crippen LogP contribution < -0.4 is 0 Å². The van der Waals surface area contributed by atoms with Gasteiger partial charge in [-0.25, -0.2) is 9.97 Å². The molecule has 0 spiro atoms. The van der Waals surface area contributed by atoms with Crippen LogP contribution in [-0.2, 0) is 4.74 Å². The van der Waals surface area contributed by atoms with E-state index in [2.05, 4.69) is 45.7 Å². The Morgan fingerprint density at radius 3 is 2.67 bits per heavy atom. The maximum Gasteiger partial charge on any atom is 0.156 e. The Morgan fingerprint density at radius 2 is 1.94 bits per heavy atom. The number of aromatic nitrogens is 6. The third-order valence-electron chi connectivity index (χ3n) is 7.11. The van der Waals surface area contributed by atoms with E-state index in [4.69, 9.17) is 19.8 Å². The first-order valence-electron chi connectivity index (χ1n) is 11.8. The number of nitrogens with one attached hydrogen (secondary N) is 1. The molecule has 2 fully saturated rings. The summed E-state index contributed by atoms with van der Waals surface area (Å²) in [7, 11) is 0. The standard InChI is InChI=1S/C25H29N7O/c1-3-31-6-4-20(5-7-31)32-13-18(10-29-32)21-11-27-25-24(21)30-22(12-28-25)17-8-16(2)23(26-9-17)19-14-33-15-19/h8-13,19-20H,3-7,14-15H2,1-2H3,(H,27,28). The van der Waals surface area contributed by atoms with Crippen LogP contribution in [0.25, 0.3) is 33.5 Å². The predicted octanol–water partition coefficient (Wildman–Crippen LogP) is 3.96. The molecule has 170 valence electrons. The van der Waals surface area contributed by atoms with Gasteiger partial charge in [-0.1, -0.05) is 6.92 Å². The van der Waals surface area contributed by atoms with Gasteiger partial charge in [0.1, 0.15) is 5.52 Å². The molecule has 0 unspecified atom stereocenters. The van der Waals surface area contributed by atoms with Gasteiger partial charge in [-0.2, -0.15) is 5.10 Å². The van der Waals surface area contributed by atoms with Gasteiger partial charge in [-0.05, 0) is 37.9 Å². The number of aromatic amines is 1. The number of nitrogens with zero attached hydrogens (tertiary/aromatic N) is 6. The SMILES string of the molecule is CCN1CCC(n2cc(-c3c[nH]c4ncc(-c5cnc(C6COC6)c(C)c5)nc34)cn2)CC1. The molecule has 0 atom stereocenters. The van der Waals surface area contributed by atoms with E-state index in [0.717, 1.165) is 84.9 Å². The normalized spacial score (nSPS) is 18.1. The van der Waals surface area contributed by atoms with E-state index in [1.165, 1.54) is 5.56 Å². The third kappa shape index (κ3) is 3.73. The first-order valence-corrected chi connectivity index (χ1v) is 11.8. The van der Waals surface area contributed by atoms with Crippen LogP contribution in [0.5, 0.6) is 0 Å². The van der Waals surface area contributed by atoms with Crippen molar-refractivity contribution in [1.29, 1.82) is 0 Å². The number of hydrogen-bond donors (Lipinski definition) is 1. The average molecular weight is 444 g/mol. The maximum absolute atomic E-state index is 5.33. The van der Waals surface area contributed by atoms with E-state index in [-0.39, 0.29) is 0 Å². The fraction of sp³-hybridized carbons (Fsp3) is 0.440. The van der Waals surface area contributed by atoms with Gasteiger partial charge in [0, 0.05) is 54.3 Å². The fourth-order valence-electron chi connectivity index (χ4n) is 4.97. The molecule has 0 bridgehead atoms. The minimum absolute atomic E-state index is 0.412. The van der Waals surface area contributed by atoms with Crippen LogP contribution in [0.4, 0.5) is 0 Å². The third-order valence-corrected chi connectivity index (χ3v) is 7.11. The number of ether oxygens (including phenoxy) is 1. The maximum atomic E-state index is 5.33. The largest absolute Gasteiger partial charge is 0.380 e. The van der Waals surface area contributed by atoms with Crippen LogP contribution in [0.2, 0.25) is 0 Å². The molecule has 1 N–H and O–H groups in total.